The molecule has 0 aliphatic carbocycles. The minimum atomic E-state index is -0.0562. The molecule has 1 fully saturated rings. The monoisotopic (exact) mass is 312 g/mol. The number of rotatable bonds is 4. The lowest BCUT2D eigenvalue weighted by molar-refractivity contribution is -0.116. The van der Waals surface area contributed by atoms with Crippen LogP contribution in [0.2, 0.25) is 0 Å². The second-order valence-electron chi connectivity index (χ2n) is 4.32. The van der Waals surface area contributed by atoms with Crippen LogP contribution < -0.4 is 10.1 Å². The van der Waals surface area contributed by atoms with E-state index in [0.717, 1.165) is 5.56 Å². The summed E-state index contributed by atoms with van der Waals surface area (Å²) in [4.78, 5) is 15.1. The number of hydrogen-bond donors (Lipinski definition) is 1. The number of para-hydroxylation sites is 1. The maximum absolute atomic E-state index is 11.1. The van der Waals surface area contributed by atoms with Crippen LogP contribution in [0, 0.1) is 0 Å². The van der Waals surface area contributed by atoms with Crippen LogP contribution in [0.3, 0.4) is 0 Å². The lowest BCUT2D eigenvalue weighted by Gasteiger charge is -2.07. The Balaban J connectivity index is 1.75. The number of nitrogens with one attached hydrogen (secondary N) is 1. The van der Waals surface area contributed by atoms with Crippen molar-refractivity contribution in [1.29, 1.82) is 0 Å². The molecule has 1 aliphatic rings. The zero-order valence-corrected chi connectivity index (χ0v) is 12.3. The van der Waals surface area contributed by atoms with Crippen molar-refractivity contribution in [2.75, 3.05) is 5.75 Å². The first-order valence-electron chi connectivity index (χ1n) is 6.52. The largest absolute Gasteiger partial charge is 0.455 e. The number of thioether (sulfide) groups is 1. The number of nitrogens with zero attached hydrogens (tertiary/aromatic N) is 3. The number of carbonyl (C=O) groups excluding carboxylic acids is 1. The van der Waals surface area contributed by atoms with Crippen LogP contribution in [-0.2, 0) is 4.79 Å². The highest BCUT2D eigenvalue weighted by molar-refractivity contribution is 8.15. The summed E-state index contributed by atoms with van der Waals surface area (Å²) in [7, 11) is 0. The summed E-state index contributed by atoms with van der Waals surface area (Å²) in [6.45, 7) is 0. The highest BCUT2D eigenvalue weighted by atomic mass is 32.2. The predicted molar refractivity (Wildman–Crippen MR) is 86.4 cm³/mol. The van der Waals surface area contributed by atoms with Crippen LogP contribution in [0.4, 0.5) is 0 Å². The summed E-state index contributed by atoms with van der Waals surface area (Å²) in [6.07, 6.45) is 4.91. The molecule has 0 saturated carbocycles. The van der Waals surface area contributed by atoms with Crippen molar-refractivity contribution in [3.8, 4) is 11.5 Å². The molecule has 0 bridgehead atoms. The summed E-state index contributed by atoms with van der Waals surface area (Å²) in [5, 5.41) is 11.1. The van der Waals surface area contributed by atoms with E-state index in [-0.39, 0.29) is 5.91 Å². The predicted octanol–water partition coefficient (Wildman–Crippen LogP) is 2.43. The Labute approximate surface area is 131 Å². The van der Waals surface area contributed by atoms with Crippen molar-refractivity contribution in [3.05, 3.63) is 54.4 Å². The average Bonchev–Trinajstić information content (AvgIpc) is 2.95. The third-order valence-electron chi connectivity index (χ3n) is 2.71. The summed E-state index contributed by atoms with van der Waals surface area (Å²) in [5.41, 5.74) is 0.782. The van der Waals surface area contributed by atoms with Gasteiger partial charge in [-0.25, -0.2) is 0 Å². The van der Waals surface area contributed by atoms with Gasteiger partial charge in [0.15, 0.2) is 5.17 Å². The van der Waals surface area contributed by atoms with Gasteiger partial charge in [0.25, 0.3) is 0 Å². The van der Waals surface area contributed by atoms with Crippen molar-refractivity contribution < 1.29 is 9.53 Å². The highest BCUT2D eigenvalue weighted by Gasteiger charge is 2.15. The molecule has 1 N–H and O–H groups in total. The molecule has 7 heteroatoms. The zero-order chi connectivity index (χ0) is 15.2. The van der Waals surface area contributed by atoms with Crippen molar-refractivity contribution >= 4 is 29.1 Å². The van der Waals surface area contributed by atoms with Gasteiger partial charge < -0.3 is 10.1 Å². The Bertz CT molecular complexity index is 731. The molecule has 1 aromatic heterocycles. The third-order valence-corrected chi connectivity index (χ3v) is 3.58. The fourth-order valence-electron chi connectivity index (χ4n) is 1.74. The van der Waals surface area contributed by atoms with E-state index in [0.29, 0.717) is 22.4 Å². The molecule has 1 saturated heterocycles. The number of carbonyl (C=O) groups is 1. The Kier molecular flexibility index (Phi) is 4.45. The fourth-order valence-corrected chi connectivity index (χ4v) is 2.37. The van der Waals surface area contributed by atoms with E-state index in [1.807, 2.05) is 30.3 Å². The van der Waals surface area contributed by atoms with E-state index in [1.165, 1.54) is 11.8 Å². The topological polar surface area (TPSA) is 75.9 Å². The van der Waals surface area contributed by atoms with Crippen molar-refractivity contribution in [3.63, 3.8) is 0 Å². The number of benzene rings is 1. The van der Waals surface area contributed by atoms with Gasteiger partial charge in [-0.1, -0.05) is 23.9 Å². The molecule has 110 valence electrons. The van der Waals surface area contributed by atoms with Gasteiger partial charge in [-0.3, -0.25) is 9.78 Å². The van der Waals surface area contributed by atoms with Crippen molar-refractivity contribution in [1.82, 2.24) is 10.3 Å². The Morgan fingerprint density at radius 3 is 2.95 bits per heavy atom. The van der Waals surface area contributed by atoms with Crippen molar-refractivity contribution in [2.24, 2.45) is 10.2 Å². The molecule has 1 aromatic carbocycles. The molecule has 1 aliphatic heterocycles. The number of ether oxygens (including phenoxy) is 1. The van der Waals surface area contributed by atoms with Gasteiger partial charge in [0.1, 0.15) is 11.5 Å². The molecular formula is C15H12N4O2S. The summed E-state index contributed by atoms with van der Waals surface area (Å²) in [5.74, 6) is 1.63. The summed E-state index contributed by atoms with van der Waals surface area (Å²) in [6, 6.07) is 11.1. The molecule has 1 amide bonds. The summed E-state index contributed by atoms with van der Waals surface area (Å²) >= 11 is 1.33. The van der Waals surface area contributed by atoms with Gasteiger partial charge in [-0.2, -0.15) is 5.10 Å². The zero-order valence-electron chi connectivity index (χ0n) is 11.5. The van der Waals surface area contributed by atoms with E-state index in [1.54, 1.807) is 24.7 Å². The van der Waals surface area contributed by atoms with E-state index < -0.39 is 0 Å². The molecule has 0 spiro atoms. The van der Waals surface area contributed by atoms with Gasteiger partial charge in [0.2, 0.25) is 5.91 Å². The van der Waals surface area contributed by atoms with Gasteiger partial charge in [0, 0.05) is 11.8 Å². The van der Waals surface area contributed by atoms with Crippen LogP contribution in [0.1, 0.15) is 5.56 Å². The third kappa shape index (κ3) is 3.70. The minimum absolute atomic E-state index is 0.0562. The molecule has 6 nitrogen and oxygen atoms in total. The maximum Gasteiger partial charge on any atom is 0.236 e. The highest BCUT2D eigenvalue weighted by Crippen LogP contribution is 2.23. The Hall–Kier alpha value is -2.67. The minimum Gasteiger partial charge on any atom is -0.455 e. The van der Waals surface area contributed by atoms with E-state index in [2.05, 4.69) is 20.5 Å². The van der Waals surface area contributed by atoms with Crippen LogP contribution in [0.5, 0.6) is 11.5 Å². The summed E-state index contributed by atoms with van der Waals surface area (Å²) < 4.78 is 5.77. The lowest BCUT2D eigenvalue weighted by atomic mass is 10.2. The number of aromatic nitrogens is 1. The molecule has 0 radical (unpaired) electrons. The van der Waals surface area contributed by atoms with Crippen molar-refractivity contribution in [2.45, 2.75) is 0 Å². The van der Waals surface area contributed by atoms with Crippen LogP contribution in [-0.4, -0.2) is 28.0 Å². The second-order valence-corrected chi connectivity index (χ2v) is 5.28. The molecule has 0 atom stereocenters. The van der Waals surface area contributed by atoms with Gasteiger partial charge in [-0.05, 0) is 24.3 Å². The molecule has 2 heterocycles. The lowest BCUT2D eigenvalue weighted by Crippen LogP contribution is -2.19. The quantitative estimate of drug-likeness (QED) is 0.695. The standard InChI is InChI=1S/C15H12N4O2S/c20-14-10-22-15(18-14)19-17-8-11-4-1-2-6-13(11)21-12-5-3-7-16-9-12/h1-9H,10H2,(H,18,19,20). The maximum atomic E-state index is 11.1. The van der Waals surface area contributed by atoms with Gasteiger partial charge in [0.05, 0.1) is 18.2 Å². The molecule has 22 heavy (non-hydrogen) atoms. The van der Waals surface area contributed by atoms with E-state index in [4.69, 9.17) is 4.74 Å². The van der Waals surface area contributed by atoms with E-state index in [9.17, 15) is 4.79 Å². The first-order chi connectivity index (χ1) is 10.8. The number of amides is 1. The molecule has 0 unspecified atom stereocenters. The van der Waals surface area contributed by atoms with Gasteiger partial charge >= 0.3 is 0 Å². The first kappa shape index (κ1) is 14.3. The second kappa shape index (κ2) is 6.86. The fraction of sp³-hybridized carbons (Fsp3) is 0.0667. The SMILES string of the molecule is O=C1CSC(=NN=Cc2ccccc2Oc2cccnc2)N1. The Morgan fingerprint density at radius 2 is 2.18 bits per heavy atom. The molecular weight excluding hydrogens is 300 g/mol. The van der Waals surface area contributed by atoms with Crippen LogP contribution in [0.25, 0.3) is 0 Å². The number of amidine groups is 1. The number of hydrogen-bond acceptors (Lipinski definition) is 6. The smallest absolute Gasteiger partial charge is 0.236 e. The Morgan fingerprint density at radius 1 is 1.27 bits per heavy atom. The first-order valence-corrected chi connectivity index (χ1v) is 7.50. The van der Waals surface area contributed by atoms with Crippen LogP contribution in [0.15, 0.2) is 59.0 Å². The average molecular weight is 312 g/mol. The van der Waals surface area contributed by atoms with Crippen LogP contribution >= 0.6 is 11.8 Å². The number of pyridine rings is 1. The van der Waals surface area contributed by atoms with E-state index >= 15 is 0 Å². The van der Waals surface area contributed by atoms with Gasteiger partial charge in [-0.15, -0.1) is 5.10 Å². The normalized spacial score (nSPS) is 16.2. The molecule has 2 aromatic rings. The molecule has 3 rings (SSSR count).